The smallest absolute Gasteiger partial charge is 0.255 e. The molecule has 4 aliphatic carbocycles. The van der Waals surface area contributed by atoms with Crippen LogP contribution in [0.5, 0.6) is 0 Å². The van der Waals surface area contributed by atoms with Crippen molar-refractivity contribution >= 4 is 17.5 Å². The number of amides is 1. The van der Waals surface area contributed by atoms with Crippen LogP contribution in [0.15, 0.2) is 24.4 Å². The standard InChI is InChI=1S/C25H32ClN3O/c1-14-7-19(26)5-6-21(14)29-23(25(2,3)4)20(13-27-29)24(30)28-22-17-9-15-8-16(11-17)12-18(22)10-15/h5-7,13,15-18,22H,8-12H2,1-4H3,(H,28,30). The minimum atomic E-state index is -0.223. The van der Waals surface area contributed by atoms with Gasteiger partial charge in [-0.1, -0.05) is 32.4 Å². The molecule has 0 saturated heterocycles. The van der Waals surface area contributed by atoms with Gasteiger partial charge in [-0.3, -0.25) is 4.79 Å². The highest BCUT2D eigenvalue weighted by Gasteiger charge is 2.48. The number of nitrogens with zero attached hydrogens (tertiary/aromatic N) is 2. The number of carbonyl (C=O) groups is 1. The van der Waals surface area contributed by atoms with Crippen LogP contribution < -0.4 is 5.32 Å². The van der Waals surface area contributed by atoms with Gasteiger partial charge < -0.3 is 5.32 Å². The molecule has 4 aliphatic rings. The Morgan fingerprint density at radius 3 is 2.30 bits per heavy atom. The first-order chi connectivity index (χ1) is 14.2. The Hall–Kier alpha value is -1.81. The van der Waals surface area contributed by atoms with Gasteiger partial charge in [-0.15, -0.1) is 0 Å². The monoisotopic (exact) mass is 425 g/mol. The predicted octanol–water partition coefficient (Wildman–Crippen LogP) is 5.69. The summed E-state index contributed by atoms with van der Waals surface area (Å²) < 4.78 is 1.93. The van der Waals surface area contributed by atoms with Crippen molar-refractivity contribution in [1.29, 1.82) is 0 Å². The van der Waals surface area contributed by atoms with Crippen LogP contribution in [0.2, 0.25) is 5.02 Å². The molecular formula is C25H32ClN3O. The van der Waals surface area contributed by atoms with Gasteiger partial charge in [0, 0.05) is 16.5 Å². The predicted molar refractivity (Wildman–Crippen MR) is 120 cm³/mol. The first-order valence-electron chi connectivity index (χ1n) is 11.4. The van der Waals surface area contributed by atoms with Crippen LogP contribution in [0.4, 0.5) is 0 Å². The lowest BCUT2D eigenvalue weighted by Gasteiger charge is -2.54. The summed E-state index contributed by atoms with van der Waals surface area (Å²) in [6.45, 7) is 8.46. The minimum Gasteiger partial charge on any atom is -0.349 e. The lowest BCUT2D eigenvalue weighted by atomic mass is 9.54. The number of halogens is 1. The molecule has 2 aromatic rings. The summed E-state index contributed by atoms with van der Waals surface area (Å²) in [5, 5.41) is 8.84. The van der Waals surface area contributed by atoms with E-state index in [0.717, 1.165) is 28.8 Å². The molecule has 30 heavy (non-hydrogen) atoms. The maximum atomic E-state index is 13.5. The van der Waals surface area contributed by atoms with E-state index in [-0.39, 0.29) is 11.3 Å². The zero-order valence-electron chi connectivity index (χ0n) is 18.4. The van der Waals surface area contributed by atoms with Crippen LogP contribution in [0.1, 0.15) is 74.5 Å². The van der Waals surface area contributed by atoms with Gasteiger partial charge in [0.25, 0.3) is 5.91 Å². The third kappa shape index (κ3) is 3.37. The molecular weight excluding hydrogens is 394 g/mol. The second-order valence-electron chi connectivity index (χ2n) is 10.9. The zero-order chi connectivity index (χ0) is 21.2. The highest BCUT2D eigenvalue weighted by molar-refractivity contribution is 6.30. The fourth-order valence-electron chi connectivity index (χ4n) is 6.67. The Kier molecular flexibility index (Phi) is 4.77. The van der Waals surface area contributed by atoms with E-state index in [1.165, 1.54) is 32.1 Å². The van der Waals surface area contributed by atoms with Gasteiger partial charge in [0.15, 0.2) is 0 Å². The largest absolute Gasteiger partial charge is 0.349 e. The Morgan fingerprint density at radius 1 is 1.10 bits per heavy atom. The Balaban J connectivity index is 1.47. The molecule has 0 radical (unpaired) electrons. The van der Waals surface area contributed by atoms with Crippen molar-refractivity contribution in [3.63, 3.8) is 0 Å². The summed E-state index contributed by atoms with van der Waals surface area (Å²) in [5.41, 5.74) is 3.45. The first-order valence-corrected chi connectivity index (χ1v) is 11.7. The molecule has 4 saturated carbocycles. The molecule has 1 N–H and O–H groups in total. The van der Waals surface area contributed by atoms with E-state index in [2.05, 4.69) is 31.2 Å². The normalized spacial score (nSPS) is 30.0. The second-order valence-corrected chi connectivity index (χ2v) is 11.4. The van der Waals surface area contributed by atoms with Crippen molar-refractivity contribution in [3.8, 4) is 5.69 Å². The number of hydrogen-bond acceptors (Lipinski definition) is 2. The maximum absolute atomic E-state index is 13.5. The van der Waals surface area contributed by atoms with E-state index in [1.54, 1.807) is 6.20 Å². The summed E-state index contributed by atoms with van der Waals surface area (Å²) >= 11 is 6.16. The average Bonchev–Trinajstić information content (AvgIpc) is 3.09. The van der Waals surface area contributed by atoms with Gasteiger partial charge in [0.1, 0.15) is 0 Å². The number of benzene rings is 1. The molecule has 5 heteroatoms. The molecule has 1 heterocycles. The summed E-state index contributed by atoms with van der Waals surface area (Å²) in [4.78, 5) is 13.5. The topological polar surface area (TPSA) is 46.9 Å². The second kappa shape index (κ2) is 7.12. The molecule has 1 aromatic carbocycles. The number of hydrogen-bond donors (Lipinski definition) is 1. The van der Waals surface area contributed by atoms with Crippen molar-refractivity contribution in [2.45, 2.75) is 71.3 Å². The van der Waals surface area contributed by atoms with Crippen LogP contribution >= 0.6 is 11.6 Å². The molecule has 4 fully saturated rings. The molecule has 160 valence electrons. The molecule has 1 aromatic heterocycles. The zero-order valence-corrected chi connectivity index (χ0v) is 19.2. The van der Waals surface area contributed by atoms with Crippen LogP contribution in [-0.4, -0.2) is 21.7 Å². The number of aromatic nitrogens is 2. The van der Waals surface area contributed by atoms with Crippen LogP contribution in [0, 0.1) is 30.6 Å². The fourth-order valence-corrected chi connectivity index (χ4v) is 6.89. The van der Waals surface area contributed by atoms with E-state index in [4.69, 9.17) is 11.6 Å². The van der Waals surface area contributed by atoms with Crippen LogP contribution in [-0.2, 0) is 5.41 Å². The van der Waals surface area contributed by atoms with Gasteiger partial charge in [0.05, 0.1) is 23.1 Å². The van der Waals surface area contributed by atoms with Gasteiger partial charge in [-0.25, -0.2) is 4.68 Å². The van der Waals surface area contributed by atoms with E-state index in [1.807, 2.05) is 29.8 Å². The molecule has 0 atom stereocenters. The molecule has 6 rings (SSSR count). The third-order valence-electron chi connectivity index (χ3n) is 7.64. The van der Waals surface area contributed by atoms with Crippen molar-refractivity contribution < 1.29 is 4.79 Å². The maximum Gasteiger partial charge on any atom is 0.255 e. The Labute approximate surface area is 184 Å². The van der Waals surface area contributed by atoms with Gasteiger partial charge >= 0.3 is 0 Å². The van der Waals surface area contributed by atoms with E-state index < -0.39 is 0 Å². The number of carbonyl (C=O) groups excluding carboxylic acids is 1. The summed E-state index contributed by atoms with van der Waals surface area (Å²) in [6, 6.07) is 6.14. The van der Waals surface area contributed by atoms with Crippen LogP contribution in [0.3, 0.4) is 0 Å². The number of nitrogens with one attached hydrogen (secondary N) is 1. The summed E-state index contributed by atoms with van der Waals surface area (Å²) in [5.74, 6) is 3.17. The fraction of sp³-hybridized carbons (Fsp3) is 0.600. The van der Waals surface area contributed by atoms with Crippen molar-refractivity contribution in [2.24, 2.45) is 23.7 Å². The van der Waals surface area contributed by atoms with E-state index in [9.17, 15) is 4.79 Å². The molecule has 0 aliphatic heterocycles. The highest BCUT2D eigenvalue weighted by atomic mass is 35.5. The Morgan fingerprint density at radius 2 is 1.73 bits per heavy atom. The number of rotatable bonds is 3. The third-order valence-corrected chi connectivity index (χ3v) is 7.87. The van der Waals surface area contributed by atoms with Crippen LogP contribution in [0.25, 0.3) is 5.69 Å². The SMILES string of the molecule is Cc1cc(Cl)ccc1-n1ncc(C(=O)NC2C3CC4CC(C3)CC2C4)c1C(C)(C)C. The summed E-state index contributed by atoms with van der Waals surface area (Å²) in [6.07, 6.45) is 8.37. The lowest BCUT2D eigenvalue weighted by molar-refractivity contribution is -0.0119. The molecule has 4 bridgehead atoms. The van der Waals surface area contributed by atoms with Gasteiger partial charge in [-0.2, -0.15) is 5.10 Å². The average molecular weight is 426 g/mol. The van der Waals surface area contributed by atoms with Gasteiger partial charge in [0.2, 0.25) is 0 Å². The van der Waals surface area contributed by atoms with Crippen molar-refractivity contribution in [1.82, 2.24) is 15.1 Å². The summed E-state index contributed by atoms with van der Waals surface area (Å²) in [7, 11) is 0. The number of aryl methyl sites for hydroxylation is 1. The van der Waals surface area contributed by atoms with Gasteiger partial charge in [-0.05, 0) is 86.5 Å². The highest BCUT2D eigenvalue weighted by Crippen LogP contribution is 2.53. The first kappa shape index (κ1) is 20.1. The van der Waals surface area contributed by atoms with Crippen molar-refractivity contribution in [2.75, 3.05) is 0 Å². The lowest BCUT2D eigenvalue weighted by Crippen LogP contribution is -2.55. The van der Waals surface area contributed by atoms with E-state index in [0.29, 0.717) is 28.5 Å². The molecule has 0 unspecified atom stereocenters. The minimum absolute atomic E-state index is 0.0373. The quantitative estimate of drug-likeness (QED) is 0.686. The molecule has 4 nitrogen and oxygen atoms in total. The van der Waals surface area contributed by atoms with Crippen molar-refractivity contribution in [3.05, 3.63) is 46.2 Å². The molecule has 1 amide bonds. The molecule has 0 spiro atoms. The Bertz CT molecular complexity index is 959. The van der Waals surface area contributed by atoms with E-state index >= 15 is 0 Å².